The highest BCUT2D eigenvalue weighted by Gasteiger charge is 2.26. The molecule has 0 unspecified atom stereocenters. The Morgan fingerprint density at radius 1 is 0.935 bits per heavy atom. The first-order valence-corrected chi connectivity index (χ1v) is 10.9. The summed E-state index contributed by atoms with van der Waals surface area (Å²) in [4.78, 5) is 26.7. The van der Waals surface area contributed by atoms with Crippen molar-refractivity contribution in [3.05, 3.63) is 71.6 Å². The molecule has 1 aliphatic heterocycles. The van der Waals surface area contributed by atoms with Crippen LogP contribution in [0.1, 0.15) is 15.4 Å². The summed E-state index contributed by atoms with van der Waals surface area (Å²) in [6.45, 7) is 4.60. The van der Waals surface area contributed by atoms with Crippen molar-refractivity contribution in [2.75, 3.05) is 31.1 Å². The standard InChI is InChI=1S/C22H21N7OS/c1-16-20(31-22(24-16)29-10-4-5-11-29)21(30)28-14-12-27(13-15-28)19-8-7-18(25-26-19)17-6-2-3-9-23-17/h2-11H,12-15H2,1H3. The van der Waals surface area contributed by atoms with Crippen LogP contribution in [0.4, 0.5) is 5.82 Å². The lowest BCUT2D eigenvalue weighted by molar-refractivity contribution is 0.0750. The normalized spacial score (nSPS) is 14.1. The first-order chi connectivity index (χ1) is 15.2. The van der Waals surface area contributed by atoms with Crippen LogP contribution in [-0.4, -0.2) is 61.7 Å². The second-order valence-electron chi connectivity index (χ2n) is 7.27. The van der Waals surface area contributed by atoms with Crippen molar-refractivity contribution < 1.29 is 4.79 Å². The summed E-state index contributed by atoms with van der Waals surface area (Å²) >= 11 is 1.43. The highest BCUT2D eigenvalue weighted by molar-refractivity contribution is 7.16. The van der Waals surface area contributed by atoms with E-state index in [1.54, 1.807) is 6.20 Å². The van der Waals surface area contributed by atoms with Gasteiger partial charge in [-0.1, -0.05) is 17.4 Å². The quantitative estimate of drug-likeness (QED) is 0.494. The van der Waals surface area contributed by atoms with E-state index in [1.807, 2.05) is 71.2 Å². The molecule has 4 aromatic rings. The van der Waals surface area contributed by atoms with E-state index in [2.05, 4.69) is 25.1 Å². The number of hydrogen-bond acceptors (Lipinski definition) is 7. The minimum Gasteiger partial charge on any atom is -0.352 e. The zero-order chi connectivity index (χ0) is 21.2. The van der Waals surface area contributed by atoms with Gasteiger partial charge < -0.3 is 14.4 Å². The molecule has 1 aliphatic rings. The second-order valence-corrected chi connectivity index (χ2v) is 8.25. The number of aryl methyl sites for hydroxylation is 1. The number of anilines is 1. The van der Waals surface area contributed by atoms with Crippen LogP contribution in [0.3, 0.4) is 0 Å². The van der Waals surface area contributed by atoms with Crippen molar-refractivity contribution in [1.29, 1.82) is 0 Å². The number of thiazole rings is 1. The lowest BCUT2D eigenvalue weighted by atomic mass is 10.2. The van der Waals surface area contributed by atoms with Gasteiger partial charge in [-0.3, -0.25) is 9.78 Å². The zero-order valence-electron chi connectivity index (χ0n) is 17.0. The maximum Gasteiger partial charge on any atom is 0.266 e. The number of pyridine rings is 1. The molecule has 1 fully saturated rings. The van der Waals surface area contributed by atoms with Crippen molar-refractivity contribution in [3.8, 4) is 16.5 Å². The minimum atomic E-state index is 0.0460. The van der Waals surface area contributed by atoms with Gasteiger partial charge in [0.25, 0.3) is 5.91 Å². The number of carbonyl (C=O) groups excluding carboxylic acids is 1. The number of amides is 1. The van der Waals surface area contributed by atoms with Gasteiger partial charge in [0, 0.05) is 44.8 Å². The predicted molar refractivity (Wildman–Crippen MR) is 120 cm³/mol. The lowest BCUT2D eigenvalue weighted by Crippen LogP contribution is -2.49. The molecule has 9 heteroatoms. The van der Waals surface area contributed by atoms with Crippen LogP contribution < -0.4 is 4.90 Å². The molecular weight excluding hydrogens is 410 g/mol. The summed E-state index contributed by atoms with van der Waals surface area (Å²) in [6, 6.07) is 13.5. The lowest BCUT2D eigenvalue weighted by Gasteiger charge is -2.35. The van der Waals surface area contributed by atoms with Gasteiger partial charge in [0.1, 0.15) is 10.6 Å². The van der Waals surface area contributed by atoms with Gasteiger partial charge in [0.15, 0.2) is 10.9 Å². The molecular formula is C22H21N7OS. The van der Waals surface area contributed by atoms with Crippen molar-refractivity contribution in [2.45, 2.75) is 6.92 Å². The summed E-state index contributed by atoms with van der Waals surface area (Å²) in [5, 5.41) is 9.51. The van der Waals surface area contributed by atoms with Crippen LogP contribution >= 0.6 is 11.3 Å². The third kappa shape index (κ3) is 3.91. The SMILES string of the molecule is Cc1nc(-n2cccc2)sc1C(=O)N1CCN(c2ccc(-c3ccccn3)nn2)CC1. The molecule has 0 radical (unpaired) electrons. The van der Waals surface area contributed by atoms with Gasteiger partial charge in [-0.05, 0) is 43.3 Å². The van der Waals surface area contributed by atoms with Crippen LogP contribution in [0.25, 0.3) is 16.5 Å². The van der Waals surface area contributed by atoms with Gasteiger partial charge in [0.2, 0.25) is 0 Å². The molecule has 1 amide bonds. The topological polar surface area (TPSA) is 80.0 Å². The van der Waals surface area contributed by atoms with Crippen LogP contribution in [0, 0.1) is 6.92 Å². The average Bonchev–Trinajstić information content (AvgIpc) is 3.49. The Morgan fingerprint density at radius 3 is 2.42 bits per heavy atom. The van der Waals surface area contributed by atoms with E-state index in [0.29, 0.717) is 31.1 Å². The van der Waals surface area contributed by atoms with Gasteiger partial charge >= 0.3 is 0 Å². The van der Waals surface area contributed by atoms with E-state index >= 15 is 0 Å². The first kappa shape index (κ1) is 19.4. The van der Waals surface area contributed by atoms with Gasteiger partial charge in [-0.15, -0.1) is 10.2 Å². The number of hydrogen-bond donors (Lipinski definition) is 0. The smallest absolute Gasteiger partial charge is 0.266 e. The molecule has 5 rings (SSSR count). The fourth-order valence-electron chi connectivity index (χ4n) is 3.58. The molecule has 0 atom stereocenters. The molecule has 0 aromatic carbocycles. The van der Waals surface area contributed by atoms with Crippen molar-refractivity contribution in [3.63, 3.8) is 0 Å². The molecule has 31 heavy (non-hydrogen) atoms. The zero-order valence-corrected chi connectivity index (χ0v) is 17.9. The Hall–Kier alpha value is -3.59. The molecule has 5 heterocycles. The highest BCUT2D eigenvalue weighted by Crippen LogP contribution is 2.24. The second kappa shape index (κ2) is 8.27. The van der Waals surface area contributed by atoms with Crippen molar-refractivity contribution >= 4 is 23.1 Å². The largest absolute Gasteiger partial charge is 0.352 e. The molecule has 1 saturated heterocycles. The van der Waals surface area contributed by atoms with Crippen LogP contribution in [0.5, 0.6) is 0 Å². The Kier molecular flexibility index (Phi) is 5.17. The molecule has 156 valence electrons. The number of rotatable bonds is 4. The van der Waals surface area contributed by atoms with Crippen LogP contribution in [0.15, 0.2) is 61.1 Å². The summed E-state index contributed by atoms with van der Waals surface area (Å²) in [5.74, 6) is 0.861. The molecule has 0 aliphatic carbocycles. The van der Waals surface area contributed by atoms with E-state index in [9.17, 15) is 4.79 Å². The predicted octanol–water partition coefficient (Wildman–Crippen LogP) is 3.06. The maximum absolute atomic E-state index is 13.1. The minimum absolute atomic E-state index is 0.0460. The van der Waals surface area contributed by atoms with Crippen molar-refractivity contribution in [2.24, 2.45) is 0 Å². The molecule has 0 spiro atoms. The van der Waals surface area contributed by atoms with E-state index < -0.39 is 0 Å². The van der Waals surface area contributed by atoms with E-state index in [-0.39, 0.29) is 5.91 Å². The number of piperazine rings is 1. The number of nitrogens with zero attached hydrogens (tertiary/aromatic N) is 7. The van der Waals surface area contributed by atoms with Crippen molar-refractivity contribution in [1.82, 2.24) is 29.6 Å². The monoisotopic (exact) mass is 431 g/mol. The summed E-state index contributed by atoms with van der Waals surface area (Å²) in [6.07, 6.45) is 5.62. The van der Waals surface area contributed by atoms with E-state index in [4.69, 9.17) is 0 Å². The summed E-state index contributed by atoms with van der Waals surface area (Å²) in [5.41, 5.74) is 2.32. The molecule has 0 N–H and O–H groups in total. The third-order valence-corrected chi connectivity index (χ3v) is 6.43. The number of carbonyl (C=O) groups is 1. The Bertz CT molecular complexity index is 1160. The molecule has 0 bridgehead atoms. The highest BCUT2D eigenvalue weighted by atomic mass is 32.1. The van der Waals surface area contributed by atoms with Gasteiger partial charge in [-0.2, -0.15) is 0 Å². The van der Waals surface area contributed by atoms with Crippen LogP contribution in [-0.2, 0) is 0 Å². The van der Waals surface area contributed by atoms with E-state index in [0.717, 1.165) is 28.0 Å². The third-order valence-electron chi connectivity index (χ3n) is 5.27. The summed E-state index contributed by atoms with van der Waals surface area (Å²) in [7, 11) is 0. The van der Waals surface area contributed by atoms with E-state index in [1.165, 1.54) is 11.3 Å². The molecule has 4 aromatic heterocycles. The summed E-state index contributed by atoms with van der Waals surface area (Å²) < 4.78 is 1.93. The van der Waals surface area contributed by atoms with Gasteiger partial charge in [0.05, 0.1) is 11.4 Å². The average molecular weight is 432 g/mol. The van der Waals surface area contributed by atoms with Crippen LogP contribution in [0.2, 0.25) is 0 Å². The Labute approximate surface area is 183 Å². The Morgan fingerprint density at radius 2 is 1.74 bits per heavy atom. The fraction of sp³-hybridized carbons (Fsp3) is 0.227. The van der Waals surface area contributed by atoms with Gasteiger partial charge in [-0.25, -0.2) is 4.98 Å². The molecule has 8 nitrogen and oxygen atoms in total. The maximum atomic E-state index is 13.1. The Balaban J connectivity index is 1.24. The number of aromatic nitrogens is 5. The first-order valence-electron chi connectivity index (χ1n) is 10.1. The molecule has 0 saturated carbocycles. The fourth-order valence-corrected chi connectivity index (χ4v) is 4.58.